The average molecular weight is 218 g/mol. The van der Waals surface area contributed by atoms with E-state index in [1.54, 1.807) is 11.1 Å². The number of rotatable bonds is 4. The lowest BCUT2D eigenvalue weighted by atomic mass is 9.92. The van der Waals surface area contributed by atoms with Gasteiger partial charge in [-0.25, -0.2) is 0 Å². The molecule has 0 aliphatic heterocycles. The first-order valence-electron chi connectivity index (χ1n) is 6.25. The zero-order valence-electron chi connectivity index (χ0n) is 10.3. The topological polar surface area (TPSA) is 38.0 Å². The Bertz CT molecular complexity index is 360. The summed E-state index contributed by atoms with van der Waals surface area (Å²) in [4.78, 5) is 0. The van der Waals surface area contributed by atoms with Crippen molar-refractivity contribution in [3.63, 3.8) is 0 Å². The normalized spacial score (nSPS) is 18.2. The molecule has 0 bridgehead atoms. The number of aryl methyl sites for hydroxylation is 2. The number of nitrogens with one attached hydrogen (secondary N) is 1. The van der Waals surface area contributed by atoms with Crippen molar-refractivity contribution in [2.45, 2.75) is 32.2 Å². The van der Waals surface area contributed by atoms with Crippen LogP contribution in [0.3, 0.4) is 0 Å². The zero-order valence-corrected chi connectivity index (χ0v) is 10.3. The van der Waals surface area contributed by atoms with Gasteiger partial charge in [0.15, 0.2) is 0 Å². The summed E-state index contributed by atoms with van der Waals surface area (Å²) >= 11 is 0. The van der Waals surface area contributed by atoms with Crippen LogP contribution < -0.4 is 11.1 Å². The molecular formula is C14H22N2. The molecule has 2 unspecified atom stereocenters. The highest BCUT2D eigenvalue weighted by Gasteiger charge is 2.18. The number of benzene rings is 1. The van der Waals surface area contributed by atoms with Gasteiger partial charge in [-0.2, -0.15) is 0 Å². The van der Waals surface area contributed by atoms with Gasteiger partial charge in [-0.15, -0.1) is 0 Å². The van der Waals surface area contributed by atoms with E-state index in [-0.39, 0.29) is 0 Å². The van der Waals surface area contributed by atoms with E-state index in [9.17, 15) is 0 Å². The second kappa shape index (κ2) is 4.98. The predicted octanol–water partition coefficient (Wildman–Crippen LogP) is 2.03. The summed E-state index contributed by atoms with van der Waals surface area (Å²) in [5.41, 5.74) is 10.2. The first-order valence-corrected chi connectivity index (χ1v) is 6.25. The fourth-order valence-corrected chi connectivity index (χ4v) is 2.70. The van der Waals surface area contributed by atoms with E-state index in [2.05, 4.69) is 30.4 Å². The van der Waals surface area contributed by atoms with Gasteiger partial charge in [0, 0.05) is 6.04 Å². The van der Waals surface area contributed by atoms with E-state index in [1.807, 2.05) is 7.05 Å². The maximum atomic E-state index is 5.76. The predicted molar refractivity (Wildman–Crippen MR) is 68.5 cm³/mol. The number of fused-ring (bicyclic) bond motifs is 1. The minimum Gasteiger partial charge on any atom is -0.330 e. The standard InChI is InChI=1S/C14H22N2/c1-10(9-15)14(16-2)13-7-6-11-4-3-5-12(11)8-13/h6-8,10,14,16H,3-5,9,15H2,1-2H3. The molecule has 0 saturated carbocycles. The Labute approximate surface area is 98.2 Å². The van der Waals surface area contributed by atoms with E-state index >= 15 is 0 Å². The molecule has 0 saturated heterocycles. The molecule has 1 aliphatic rings. The van der Waals surface area contributed by atoms with Gasteiger partial charge in [-0.3, -0.25) is 0 Å². The van der Waals surface area contributed by atoms with Crippen molar-refractivity contribution in [2.75, 3.05) is 13.6 Å². The monoisotopic (exact) mass is 218 g/mol. The lowest BCUT2D eigenvalue weighted by Crippen LogP contribution is -2.28. The van der Waals surface area contributed by atoms with Gasteiger partial charge in [-0.05, 0) is 55.5 Å². The molecule has 3 N–H and O–H groups in total. The van der Waals surface area contributed by atoms with Crippen LogP contribution in [-0.4, -0.2) is 13.6 Å². The van der Waals surface area contributed by atoms with Crippen molar-refractivity contribution < 1.29 is 0 Å². The van der Waals surface area contributed by atoms with Crippen molar-refractivity contribution in [3.8, 4) is 0 Å². The van der Waals surface area contributed by atoms with Gasteiger partial charge in [0.1, 0.15) is 0 Å². The molecule has 0 radical (unpaired) electrons. The molecule has 0 aromatic heterocycles. The van der Waals surface area contributed by atoms with Gasteiger partial charge in [0.25, 0.3) is 0 Å². The van der Waals surface area contributed by atoms with Crippen molar-refractivity contribution >= 4 is 0 Å². The summed E-state index contributed by atoms with van der Waals surface area (Å²) in [6.07, 6.45) is 3.82. The first-order chi connectivity index (χ1) is 7.76. The summed E-state index contributed by atoms with van der Waals surface area (Å²) in [7, 11) is 2.02. The van der Waals surface area contributed by atoms with E-state index < -0.39 is 0 Å². The highest BCUT2D eigenvalue weighted by molar-refractivity contribution is 5.36. The molecule has 2 atom stereocenters. The second-order valence-corrected chi connectivity index (χ2v) is 4.86. The number of nitrogens with two attached hydrogens (primary N) is 1. The molecule has 1 aliphatic carbocycles. The maximum Gasteiger partial charge on any atom is 0.0355 e. The molecule has 2 heteroatoms. The van der Waals surface area contributed by atoms with Gasteiger partial charge < -0.3 is 11.1 Å². The van der Waals surface area contributed by atoms with Crippen molar-refractivity contribution in [2.24, 2.45) is 11.7 Å². The summed E-state index contributed by atoms with van der Waals surface area (Å²) in [5, 5.41) is 3.38. The Kier molecular flexibility index (Phi) is 3.62. The third-order valence-corrected chi connectivity index (χ3v) is 3.73. The van der Waals surface area contributed by atoms with Gasteiger partial charge in [0.05, 0.1) is 0 Å². The molecule has 1 aromatic carbocycles. The molecular weight excluding hydrogens is 196 g/mol. The van der Waals surface area contributed by atoms with Crippen LogP contribution in [0.4, 0.5) is 0 Å². The van der Waals surface area contributed by atoms with Crippen LogP contribution in [-0.2, 0) is 12.8 Å². The molecule has 0 fully saturated rings. The second-order valence-electron chi connectivity index (χ2n) is 4.86. The molecule has 0 heterocycles. The van der Waals surface area contributed by atoms with Crippen LogP contribution in [0.2, 0.25) is 0 Å². The number of hydrogen-bond acceptors (Lipinski definition) is 2. The van der Waals surface area contributed by atoms with Gasteiger partial charge >= 0.3 is 0 Å². The Morgan fingerprint density at radius 3 is 2.75 bits per heavy atom. The highest BCUT2D eigenvalue weighted by atomic mass is 14.9. The summed E-state index contributed by atoms with van der Waals surface area (Å²) in [6, 6.07) is 7.31. The largest absolute Gasteiger partial charge is 0.330 e. The lowest BCUT2D eigenvalue weighted by molar-refractivity contribution is 0.419. The third kappa shape index (κ3) is 2.13. The Morgan fingerprint density at radius 2 is 2.06 bits per heavy atom. The fraction of sp³-hybridized carbons (Fsp3) is 0.571. The lowest BCUT2D eigenvalue weighted by Gasteiger charge is -2.23. The molecule has 2 nitrogen and oxygen atoms in total. The summed E-state index contributed by atoms with van der Waals surface area (Å²) in [6.45, 7) is 2.93. The summed E-state index contributed by atoms with van der Waals surface area (Å²) in [5.74, 6) is 0.476. The van der Waals surface area contributed by atoms with Crippen LogP contribution in [0.1, 0.15) is 36.1 Å². The van der Waals surface area contributed by atoms with Crippen LogP contribution in [0, 0.1) is 5.92 Å². The molecule has 0 amide bonds. The Balaban J connectivity index is 2.25. The highest BCUT2D eigenvalue weighted by Crippen LogP contribution is 2.27. The molecule has 0 spiro atoms. The van der Waals surface area contributed by atoms with E-state index in [0.29, 0.717) is 12.0 Å². The summed E-state index contributed by atoms with van der Waals surface area (Å²) < 4.78 is 0. The number of hydrogen-bond donors (Lipinski definition) is 2. The average Bonchev–Trinajstić information content (AvgIpc) is 2.77. The third-order valence-electron chi connectivity index (χ3n) is 3.73. The minimum absolute atomic E-state index is 0.385. The van der Waals surface area contributed by atoms with Crippen LogP contribution in [0.15, 0.2) is 18.2 Å². The van der Waals surface area contributed by atoms with Crippen molar-refractivity contribution in [1.29, 1.82) is 0 Å². The van der Waals surface area contributed by atoms with Gasteiger partial charge in [0.2, 0.25) is 0 Å². The maximum absolute atomic E-state index is 5.76. The smallest absolute Gasteiger partial charge is 0.0355 e. The van der Waals surface area contributed by atoms with Crippen molar-refractivity contribution in [1.82, 2.24) is 5.32 Å². The van der Waals surface area contributed by atoms with Gasteiger partial charge in [-0.1, -0.05) is 25.1 Å². The molecule has 1 aromatic rings. The first kappa shape index (κ1) is 11.6. The Hall–Kier alpha value is -0.860. The van der Waals surface area contributed by atoms with E-state index in [1.165, 1.54) is 24.8 Å². The van der Waals surface area contributed by atoms with Crippen LogP contribution in [0.25, 0.3) is 0 Å². The van der Waals surface area contributed by atoms with E-state index in [4.69, 9.17) is 5.73 Å². The van der Waals surface area contributed by atoms with Crippen LogP contribution >= 0.6 is 0 Å². The molecule has 16 heavy (non-hydrogen) atoms. The fourth-order valence-electron chi connectivity index (χ4n) is 2.70. The SMILES string of the molecule is CNC(c1ccc2c(c1)CCC2)C(C)CN. The van der Waals surface area contributed by atoms with E-state index in [0.717, 1.165) is 6.54 Å². The molecule has 2 rings (SSSR count). The van der Waals surface area contributed by atoms with Crippen molar-refractivity contribution in [3.05, 3.63) is 34.9 Å². The van der Waals surface area contributed by atoms with Crippen LogP contribution in [0.5, 0.6) is 0 Å². The molecule has 88 valence electrons. The zero-order chi connectivity index (χ0) is 11.5. The minimum atomic E-state index is 0.385. The Morgan fingerprint density at radius 1 is 1.31 bits per heavy atom. The quantitative estimate of drug-likeness (QED) is 0.811.